The van der Waals surface area contributed by atoms with Crippen LogP contribution < -0.4 is 10.6 Å². The first-order valence-electron chi connectivity index (χ1n) is 33.8. The van der Waals surface area contributed by atoms with Gasteiger partial charge in [-0.3, -0.25) is 25.0 Å². The van der Waals surface area contributed by atoms with Gasteiger partial charge in [-0.2, -0.15) is 0 Å². The van der Waals surface area contributed by atoms with E-state index in [1.165, 1.54) is 38.5 Å². The number of carbonyl (C=O) groups excluding carboxylic acids is 5. The van der Waals surface area contributed by atoms with Crippen LogP contribution in [0.25, 0.3) is 0 Å². The smallest absolute Gasteiger partial charge is 0.411 e. The first-order valence-corrected chi connectivity index (χ1v) is 33.8. The first kappa shape index (κ1) is 78.3. The van der Waals surface area contributed by atoms with Crippen LogP contribution in [0.1, 0.15) is 290 Å². The molecule has 1 aromatic carbocycles. The normalized spacial score (nSPS) is 13.0. The van der Waals surface area contributed by atoms with Gasteiger partial charge in [0.25, 0.3) is 0 Å². The van der Waals surface area contributed by atoms with E-state index in [-0.39, 0.29) is 75.9 Å². The maximum absolute atomic E-state index is 13.0. The molecule has 0 radical (unpaired) electrons. The van der Waals surface area contributed by atoms with E-state index in [1.807, 2.05) is 6.92 Å². The van der Waals surface area contributed by atoms with Crippen LogP contribution in [0, 0.1) is 6.92 Å². The zero-order valence-corrected chi connectivity index (χ0v) is 53.7. The lowest BCUT2D eigenvalue weighted by Crippen LogP contribution is -2.30. The van der Waals surface area contributed by atoms with E-state index >= 15 is 0 Å². The second kappa shape index (κ2) is 57.0. The molecule has 0 spiro atoms. The van der Waals surface area contributed by atoms with Crippen LogP contribution in [0.15, 0.2) is 54.7 Å². The monoisotopic (exact) mass is 1200 g/mol. The molecule has 5 N–H and O–H groups in total. The van der Waals surface area contributed by atoms with Gasteiger partial charge in [-0.1, -0.05) is 192 Å². The summed E-state index contributed by atoms with van der Waals surface area (Å²) in [6, 6.07) is 5.22. The van der Waals surface area contributed by atoms with E-state index in [9.17, 15) is 34.2 Å². The Morgan fingerprint density at radius 1 is 0.447 bits per heavy atom. The minimum Gasteiger partial charge on any atom is -0.462 e. The van der Waals surface area contributed by atoms with Crippen molar-refractivity contribution in [3.05, 3.63) is 60.2 Å². The first-order chi connectivity index (χ1) is 41.4. The van der Waals surface area contributed by atoms with E-state index in [0.717, 1.165) is 160 Å². The molecule has 0 fully saturated rings. The van der Waals surface area contributed by atoms with Gasteiger partial charge in [0.1, 0.15) is 19.3 Å². The van der Waals surface area contributed by atoms with Gasteiger partial charge in [0.15, 0.2) is 6.10 Å². The standard InChI is InChI=1S/C70H120N2O13/c1-5-8-11-32-43-61(74)45-34-26-20-14-17-23-29-38-49-66(76)82-57-64(84-68(78)51-40-31-25-18-15-21-27-35-46-62(75)44-33-12-9-6-2)58-83-67(77)50-39-30-24-19-16-22-28-37-48-63(47-36-13-10-7-3)85-70(80)71-60-53-52-59(4)65(56-60)72-69(79)81-55-42-41-54-73/h26-28,34-35,37,52-53,56,61-64,73-75H,5-25,29-33,36,38-51,54-55,57-58H2,1-4H3,(H,71,80)(H,72,79)/b34-26+,35-27+,37-28+. The van der Waals surface area contributed by atoms with E-state index in [0.29, 0.717) is 62.7 Å². The molecule has 1 aromatic rings. The summed E-state index contributed by atoms with van der Waals surface area (Å²) in [5.74, 6) is -1.13. The Labute approximate surface area is 515 Å². The number of hydrogen-bond donors (Lipinski definition) is 5. The highest BCUT2D eigenvalue weighted by molar-refractivity contribution is 5.89. The summed E-state index contributed by atoms with van der Waals surface area (Å²) in [6.07, 6.45) is 46.8. The van der Waals surface area contributed by atoms with Crippen molar-refractivity contribution in [1.82, 2.24) is 0 Å². The summed E-state index contributed by atoms with van der Waals surface area (Å²) < 4.78 is 27.9. The van der Waals surface area contributed by atoms with E-state index in [4.69, 9.17) is 28.8 Å². The maximum Gasteiger partial charge on any atom is 0.411 e. The minimum absolute atomic E-state index is 0.0394. The van der Waals surface area contributed by atoms with E-state index in [2.05, 4.69) is 67.9 Å². The van der Waals surface area contributed by atoms with E-state index in [1.54, 1.807) is 18.2 Å². The lowest BCUT2D eigenvalue weighted by Gasteiger charge is -2.18. The highest BCUT2D eigenvalue weighted by atomic mass is 16.6. The van der Waals surface area contributed by atoms with Gasteiger partial charge in [-0.15, -0.1) is 0 Å². The Balaban J connectivity index is 2.54. The molecular formula is C70H120N2O13. The van der Waals surface area contributed by atoms with Crippen LogP contribution in [0.5, 0.6) is 0 Å². The van der Waals surface area contributed by atoms with Crippen molar-refractivity contribution in [3.8, 4) is 0 Å². The number of allylic oxidation sites excluding steroid dienone is 3. The Morgan fingerprint density at radius 2 is 0.894 bits per heavy atom. The molecule has 85 heavy (non-hydrogen) atoms. The molecule has 15 nitrogen and oxygen atoms in total. The largest absolute Gasteiger partial charge is 0.462 e. The molecule has 0 bridgehead atoms. The van der Waals surface area contributed by atoms with Crippen LogP contribution in [0.4, 0.5) is 21.0 Å². The molecule has 0 aromatic heterocycles. The summed E-state index contributed by atoms with van der Waals surface area (Å²) in [7, 11) is 0. The van der Waals surface area contributed by atoms with Crippen molar-refractivity contribution in [2.75, 3.05) is 37.1 Å². The number of ether oxygens (including phenoxy) is 5. The second-order valence-electron chi connectivity index (χ2n) is 23.2. The van der Waals surface area contributed by atoms with Crippen molar-refractivity contribution in [2.45, 2.75) is 315 Å². The predicted octanol–water partition coefficient (Wildman–Crippen LogP) is 17.9. The van der Waals surface area contributed by atoms with Crippen LogP contribution in [0.2, 0.25) is 0 Å². The van der Waals surface area contributed by atoms with Crippen molar-refractivity contribution in [1.29, 1.82) is 0 Å². The third kappa shape index (κ3) is 50.0. The SMILES string of the molecule is CCCCCCC(O)C/C=C/CCCCCCCC(=O)OCC(COC(=O)CCCCCCC/C=C/CC(CCCCCC)OC(=O)Nc1ccc(C)c(NC(=O)OCCCCO)c1)OC(=O)CCCCCCC/C=C/CC(O)CCCCCC. The number of amides is 2. The highest BCUT2D eigenvalue weighted by Crippen LogP contribution is 2.23. The third-order valence-corrected chi connectivity index (χ3v) is 15.1. The molecule has 488 valence electrons. The fraction of sp³-hybridized carbons (Fsp3) is 0.757. The average molecular weight is 1200 g/mol. The quantitative estimate of drug-likeness (QED) is 0.0178. The number of nitrogens with one attached hydrogen (secondary N) is 2. The minimum atomic E-state index is -0.880. The number of anilines is 2. The molecule has 15 heteroatoms. The molecule has 4 unspecified atom stereocenters. The number of aliphatic hydroxyl groups excluding tert-OH is 3. The molecular weight excluding hydrogens is 1080 g/mol. The number of benzene rings is 1. The maximum atomic E-state index is 13.0. The number of aliphatic hydroxyl groups is 3. The van der Waals surface area contributed by atoms with Crippen LogP contribution in [-0.4, -0.2) is 96.3 Å². The van der Waals surface area contributed by atoms with Gasteiger partial charge in [0.2, 0.25) is 0 Å². The third-order valence-electron chi connectivity index (χ3n) is 15.1. The van der Waals surface area contributed by atoms with Crippen LogP contribution >= 0.6 is 0 Å². The van der Waals surface area contributed by atoms with Gasteiger partial charge in [-0.05, 0) is 134 Å². The molecule has 1 rings (SSSR count). The number of carbonyl (C=O) groups is 5. The Kier molecular flexibility index (Phi) is 52.5. The molecule has 0 saturated carbocycles. The molecule has 0 aliphatic heterocycles. The van der Waals surface area contributed by atoms with Gasteiger partial charge in [0, 0.05) is 43.7 Å². The summed E-state index contributed by atoms with van der Waals surface area (Å²) in [6.45, 7) is 8.29. The zero-order chi connectivity index (χ0) is 62.1. The highest BCUT2D eigenvalue weighted by Gasteiger charge is 2.20. The molecule has 0 saturated heterocycles. The Morgan fingerprint density at radius 3 is 1.39 bits per heavy atom. The van der Waals surface area contributed by atoms with Crippen molar-refractivity contribution >= 4 is 41.5 Å². The fourth-order valence-corrected chi connectivity index (χ4v) is 9.70. The van der Waals surface area contributed by atoms with E-state index < -0.39 is 24.3 Å². The van der Waals surface area contributed by atoms with Gasteiger partial charge < -0.3 is 39.0 Å². The van der Waals surface area contributed by atoms with Crippen molar-refractivity contribution in [2.24, 2.45) is 0 Å². The topological polar surface area (TPSA) is 216 Å². The van der Waals surface area contributed by atoms with Gasteiger partial charge in [-0.25, -0.2) is 9.59 Å². The van der Waals surface area contributed by atoms with Gasteiger partial charge in [0.05, 0.1) is 18.8 Å². The molecule has 2 amide bonds. The number of rotatable bonds is 57. The van der Waals surface area contributed by atoms with Crippen LogP contribution in [-0.2, 0) is 38.1 Å². The molecule has 0 aliphatic rings. The number of unbranched alkanes of at least 4 members (excludes halogenated alkanes) is 25. The summed E-state index contributed by atoms with van der Waals surface area (Å²) in [4.78, 5) is 63.9. The second-order valence-corrected chi connectivity index (χ2v) is 23.2. The van der Waals surface area contributed by atoms with Gasteiger partial charge >= 0.3 is 30.1 Å². The lowest BCUT2D eigenvalue weighted by atomic mass is 10.1. The van der Waals surface area contributed by atoms with Crippen molar-refractivity contribution in [3.63, 3.8) is 0 Å². The number of esters is 3. The molecule has 4 atom stereocenters. The molecule has 0 heterocycles. The number of aryl methyl sites for hydroxylation is 1. The summed E-state index contributed by atoms with van der Waals surface area (Å²) in [5.41, 5.74) is 1.81. The van der Waals surface area contributed by atoms with Crippen molar-refractivity contribution < 1.29 is 63.0 Å². The Hall–Kier alpha value is -4.73. The summed E-state index contributed by atoms with van der Waals surface area (Å²) >= 11 is 0. The van der Waals surface area contributed by atoms with Crippen LogP contribution in [0.3, 0.4) is 0 Å². The number of hydrogen-bond acceptors (Lipinski definition) is 13. The predicted molar refractivity (Wildman–Crippen MR) is 345 cm³/mol. The lowest BCUT2D eigenvalue weighted by molar-refractivity contribution is -0.167. The fourth-order valence-electron chi connectivity index (χ4n) is 9.70. The average Bonchev–Trinajstić information content (AvgIpc) is 3.61. The zero-order valence-electron chi connectivity index (χ0n) is 53.7. The Bertz CT molecular complexity index is 1910. The molecule has 0 aliphatic carbocycles. The summed E-state index contributed by atoms with van der Waals surface area (Å²) in [5, 5.41) is 34.8.